The summed E-state index contributed by atoms with van der Waals surface area (Å²) in [5.74, 6) is -1.02. The number of halogens is 1. The van der Waals surface area contributed by atoms with Gasteiger partial charge in [-0.3, -0.25) is 0 Å². The van der Waals surface area contributed by atoms with Crippen molar-refractivity contribution in [3.8, 4) is 0 Å². The van der Waals surface area contributed by atoms with Crippen molar-refractivity contribution in [3.63, 3.8) is 0 Å². The lowest BCUT2D eigenvalue weighted by atomic mass is 10.1. The van der Waals surface area contributed by atoms with E-state index in [-0.39, 0.29) is 10.6 Å². The zero-order valence-electron chi connectivity index (χ0n) is 6.25. The average molecular weight is 183 g/mol. The van der Waals surface area contributed by atoms with Gasteiger partial charge in [0, 0.05) is 0 Å². The molecule has 0 aromatic heterocycles. The summed E-state index contributed by atoms with van der Waals surface area (Å²) in [6, 6.07) is 4.80. The summed E-state index contributed by atoms with van der Waals surface area (Å²) in [5.41, 5.74) is 0.741. The van der Waals surface area contributed by atoms with Crippen LogP contribution in [-0.2, 0) is 0 Å². The van der Waals surface area contributed by atoms with Crippen LogP contribution in [0.4, 0.5) is 0 Å². The number of hydrogen-bond acceptors (Lipinski definition) is 1. The molecule has 0 radical (unpaired) electrons. The molecular formula is C9H7ClO2. The Balaban J connectivity index is 3.32. The molecule has 1 aromatic carbocycles. The van der Waals surface area contributed by atoms with Crippen LogP contribution in [0.3, 0.4) is 0 Å². The van der Waals surface area contributed by atoms with Gasteiger partial charge in [0.2, 0.25) is 0 Å². The third kappa shape index (κ3) is 1.48. The van der Waals surface area contributed by atoms with E-state index in [4.69, 9.17) is 16.7 Å². The van der Waals surface area contributed by atoms with Crippen molar-refractivity contribution in [1.29, 1.82) is 0 Å². The molecule has 0 aliphatic heterocycles. The highest BCUT2D eigenvalue weighted by molar-refractivity contribution is 6.34. The van der Waals surface area contributed by atoms with Gasteiger partial charge in [0.25, 0.3) is 0 Å². The molecule has 0 fully saturated rings. The minimum Gasteiger partial charge on any atom is -0.478 e. The highest BCUT2D eigenvalue weighted by Gasteiger charge is 2.09. The molecule has 2 nitrogen and oxygen atoms in total. The standard InChI is InChI=1S/C9H7ClO2/c1-2-6-4-3-5-7(8(6)10)9(11)12/h2-5H,1H2,(H,11,12). The van der Waals surface area contributed by atoms with E-state index in [0.717, 1.165) is 0 Å². The molecule has 3 heteroatoms. The normalized spacial score (nSPS) is 9.42. The first-order valence-corrected chi connectivity index (χ1v) is 3.69. The molecule has 0 atom stereocenters. The monoisotopic (exact) mass is 182 g/mol. The largest absolute Gasteiger partial charge is 0.478 e. The van der Waals surface area contributed by atoms with E-state index in [0.29, 0.717) is 5.56 Å². The van der Waals surface area contributed by atoms with Crippen molar-refractivity contribution in [2.75, 3.05) is 0 Å². The lowest BCUT2D eigenvalue weighted by molar-refractivity contribution is 0.0697. The first-order valence-electron chi connectivity index (χ1n) is 3.31. The molecule has 62 valence electrons. The first-order chi connectivity index (χ1) is 5.66. The second kappa shape index (κ2) is 3.41. The van der Waals surface area contributed by atoms with Crippen LogP contribution in [-0.4, -0.2) is 11.1 Å². The molecule has 0 unspecified atom stereocenters. The van der Waals surface area contributed by atoms with Crippen LogP contribution in [0.15, 0.2) is 24.8 Å². The van der Waals surface area contributed by atoms with Crippen LogP contribution >= 0.6 is 11.6 Å². The zero-order chi connectivity index (χ0) is 9.14. The Labute approximate surface area is 75.1 Å². The van der Waals surface area contributed by atoms with Crippen molar-refractivity contribution in [3.05, 3.63) is 40.9 Å². The van der Waals surface area contributed by atoms with E-state index >= 15 is 0 Å². The molecular weight excluding hydrogens is 176 g/mol. The van der Waals surface area contributed by atoms with E-state index in [1.54, 1.807) is 12.1 Å². The Morgan fingerprint density at radius 1 is 1.58 bits per heavy atom. The van der Waals surface area contributed by atoms with E-state index in [2.05, 4.69) is 6.58 Å². The summed E-state index contributed by atoms with van der Waals surface area (Å²) in [7, 11) is 0. The SMILES string of the molecule is C=Cc1cccc(C(=O)O)c1Cl. The Bertz CT molecular complexity index is 331. The third-order valence-electron chi connectivity index (χ3n) is 1.48. The molecule has 0 aliphatic rings. The molecule has 0 saturated carbocycles. The first kappa shape index (κ1) is 8.81. The lowest BCUT2D eigenvalue weighted by Crippen LogP contribution is -1.97. The molecule has 0 bridgehead atoms. The van der Waals surface area contributed by atoms with Crippen LogP contribution in [0.5, 0.6) is 0 Å². The fraction of sp³-hybridized carbons (Fsp3) is 0. The predicted octanol–water partition coefficient (Wildman–Crippen LogP) is 2.68. The summed E-state index contributed by atoms with van der Waals surface area (Å²) >= 11 is 5.75. The number of hydrogen-bond donors (Lipinski definition) is 1. The molecule has 1 rings (SSSR count). The van der Waals surface area contributed by atoms with Crippen LogP contribution in [0.25, 0.3) is 6.08 Å². The highest BCUT2D eigenvalue weighted by Crippen LogP contribution is 2.21. The van der Waals surface area contributed by atoms with Crippen LogP contribution in [0.2, 0.25) is 5.02 Å². The fourth-order valence-corrected chi connectivity index (χ4v) is 1.16. The van der Waals surface area contributed by atoms with Gasteiger partial charge in [-0.1, -0.05) is 36.4 Å². The minimum atomic E-state index is -1.02. The van der Waals surface area contributed by atoms with E-state index in [9.17, 15) is 4.79 Å². The third-order valence-corrected chi connectivity index (χ3v) is 1.90. The van der Waals surface area contributed by atoms with E-state index in [1.165, 1.54) is 12.1 Å². The Hall–Kier alpha value is -1.28. The Kier molecular flexibility index (Phi) is 2.51. The maximum Gasteiger partial charge on any atom is 0.337 e. The summed E-state index contributed by atoms with van der Waals surface area (Å²) in [4.78, 5) is 10.6. The van der Waals surface area contributed by atoms with Crippen molar-refractivity contribution < 1.29 is 9.90 Å². The molecule has 0 spiro atoms. The van der Waals surface area contributed by atoms with Gasteiger partial charge in [0.05, 0.1) is 10.6 Å². The number of rotatable bonds is 2. The summed E-state index contributed by atoms with van der Waals surface area (Å²) in [6.07, 6.45) is 1.52. The second-order valence-electron chi connectivity index (χ2n) is 2.22. The van der Waals surface area contributed by atoms with Crippen molar-refractivity contribution >= 4 is 23.6 Å². The molecule has 1 N–H and O–H groups in total. The smallest absolute Gasteiger partial charge is 0.337 e. The van der Waals surface area contributed by atoms with Crippen LogP contribution in [0, 0.1) is 0 Å². The predicted molar refractivity (Wildman–Crippen MR) is 48.5 cm³/mol. The van der Waals surface area contributed by atoms with Gasteiger partial charge in [-0.15, -0.1) is 0 Å². The summed E-state index contributed by atoms with van der Waals surface area (Å²) in [5, 5.41) is 8.90. The molecule has 0 saturated heterocycles. The molecule has 1 aromatic rings. The summed E-state index contributed by atoms with van der Waals surface area (Å²) < 4.78 is 0. The number of carboxylic acids is 1. The van der Waals surface area contributed by atoms with Crippen molar-refractivity contribution in [2.24, 2.45) is 0 Å². The van der Waals surface area contributed by atoms with Crippen molar-refractivity contribution in [1.82, 2.24) is 0 Å². The van der Waals surface area contributed by atoms with Crippen LogP contribution < -0.4 is 0 Å². The quantitative estimate of drug-likeness (QED) is 0.764. The van der Waals surface area contributed by atoms with Crippen molar-refractivity contribution in [2.45, 2.75) is 0 Å². The van der Waals surface area contributed by atoms with Gasteiger partial charge in [-0.2, -0.15) is 0 Å². The van der Waals surface area contributed by atoms with Gasteiger partial charge >= 0.3 is 5.97 Å². The maximum absolute atomic E-state index is 10.6. The van der Waals surface area contributed by atoms with Crippen LogP contribution in [0.1, 0.15) is 15.9 Å². The maximum atomic E-state index is 10.6. The second-order valence-corrected chi connectivity index (χ2v) is 2.60. The van der Waals surface area contributed by atoms with Gasteiger partial charge in [-0.05, 0) is 11.6 Å². The molecule has 12 heavy (non-hydrogen) atoms. The Morgan fingerprint density at radius 3 is 2.75 bits per heavy atom. The number of carboxylic acid groups (broad SMARTS) is 1. The minimum absolute atomic E-state index is 0.106. The van der Waals surface area contributed by atoms with Gasteiger partial charge in [-0.25, -0.2) is 4.79 Å². The Morgan fingerprint density at radius 2 is 2.25 bits per heavy atom. The van der Waals surface area contributed by atoms with E-state index in [1.807, 2.05) is 0 Å². The van der Waals surface area contributed by atoms with Gasteiger partial charge in [0.15, 0.2) is 0 Å². The number of carbonyl (C=O) groups is 1. The van der Waals surface area contributed by atoms with Gasteiger partial charge in [0.1, 0.15) is 0 Å². The van der Waals surface area contributed by atoms with E-state index < -0.39 is 5.97 Å². The average Bonchev–Trinajstić information content (AvgIpc) is 2.04. The number of aromatic carboxylic acids is 1. The van der Waals surface area contributed by atoms with Gasteiger partial charge < -0.3 is 5.11 Å². The fourth-order valence-electron chi connectivity index (χ4n) is 0.873. The molecule has 0 heterocycles. The zero-order valence-corrected chi connectivity index (χ0v) is 7.01. The molecule has 0 aliphatic carbocycles. The topological polar surface area (TPSA) is 37.3 Å². The summed E-state index contributed by atoms with van der Waals surface area (Å²) in [6.45, 7) is 3.51. The molecule has 0 amide bonds. The lowest BCUT2D eigenvalue weighted by Gasteiger charge is -2.00. The highest BCUT2D eigenvalue weighted by atomic mass is 35.5. The number of benzene rings is 1.